The Labute approximate surface area is 398 Å². The van der Waals surface area contributed by atoms with Gasteiger partial charge in [0.1, 0.15) is 23.7 Å². The molecule has 0 aliphatic heterocycles. The van der Waals surface area contributed by atoms with E-state index in [1.54, 1.807) is 14.2 Å². The normalized spacial score (nSPS) is 14.1. The Morgan fingerprint density at radius 1 is 0.609 bits per heavy atom. The summed E-state index contributed by atoms with van der Waals surface area (Å²) in [4.78, 5) is 0. The van der Waals surface area contributed by atoms with Gasteiger partial charge in [0.15, 0.2) is 25.0 Å². The summed E-state index contributed by atoms with van der Waals surface area (Å²) in [6.07, 6.45) is 7.56. The first kappa shape index (κ1) is 61.1. The van der Waals surface area contributed by atoms with Gasteiger partial charge in [0.05, 0.1) is 14.2 Å². The number of ether oxygens (including phenoxy) is 2. The molecule has 362 valence electrons. The van der Waals surface area contributed by atoms with Crippen LogP contribution in [-0.2, 0) is 26.1 Å². The van der Waals surface area contributed by atoms with Crippen molar-refractivity contribution in [2.45, 2.75) is 189 Å². The maximum absolute atomic E-state index is 10.5. The van der Waals surface area contributed by atoms with Crippen LogP contribution in [0.1, 0.15) is 144 Å². The second-order valence-electron chi connectivity index (χ2n) is 21.8. The first-order valence-corrected chi connectivity index (χ1v) is 31.9. The first-order chi connectivity index (χ1) is 29.0. The quantitative estimate of drug-likeness (QED) is 0.0811. The zero-order valence-electron chi connectivity index (χ0n) is 43.5. The Hall–Kier alpha value is -2.87. The number of aliphatic hydroxyl groups is 1. The third-order valence-electron chi connectivity index (χ3n) is 13.3. The van der Waals surface area contributed by atoms with Gasteiger partial charge in [0.25, 0.3) is 0 Å². The van der Waals surface area contributed by atoms with Crippen molar-refractivity contribution in [3.05, 3.63) is 84.0 Å². The van der Waals surface area contributed by atoms with E-state index in [1.165, 1.54) is 0 Å². The number of methoxy groups -OCH3 is 2. The van der Waals surface area contributed by atoms with Crippen LogP contribution in [0.3, 0.4) is 0 Å². The molecule has 0 amide bonds. The fourth-order valence-corrected chi connectivity index (χ4v) is 9.16. The summed E-state index contributed by atoms with van der Waals surface area (Å²) in [7, 11) is -2.10. The second kappa shape index (κ2) is 27.1. The lowest BCUT2D eigenvalue weighted by Gasteiger charge is -2.38. The van der Waals surface area contributed by atoms with Gasteiger partial charge in [-0.1, -0.05) is 132 Å². The molecular weight excluding hydrogens is 841 g/mol. The topological polar surface area (TPSA) is 66.4 Å². The van der Waals surface area contributed by atoms with E-state index in [4.69, 9.17) is 22.8 Å². The lowest BCUT2D eigenvalue weighted by Crippen LogP contribution is -2.41. The Bertz CT molecular complexity index is 1840. The van der Waals surface area contributed by atoms with Gasteiger partial charge in [-0.05, 0) is 115 Å². The third kappa shape index (κ3) is 19.5. The molecule has 0 unspecified atom stereocenters. The van der Waals surface area contributed by atoms with Crippen molar-refractivity contribution in [3.63, 3.8) is 0 Å². The minimum atomic E-state index is -2.04. The fraction of sp³-hybridized carbons (Fsp3) is 0.636. The van der Waals surface area contributed by atoms with E-state index in [0.717, 1.165) is 79.1 Å². The lowest BCUT2D eigenvalue weighted by molar-refractivity contribution is 0.231. The van der Waals surface area contributed by atoms with Gasteiger partial charge < -0.3 is 27.9 Å². The highest BCUT2D eigenvalue weighted by Crippen LogP contribution is 2.42. The molecule has 0 saturated heterocycles. The lowest BCUT2D eigenvalue weighted by atomic mass is 9.98. The zero-order valence-corrected chi connectivity index (χ0v) is 46.5. The average Bonchev–Trinajstić information content (AvgIpc) is 3.18. The van der Waals surface area contributed by atoms with Crippen molar-refractivity contribution in [1.29, 1.82) is 0 Å². The molecule has 6 nitrogen and oxygen atoms in total. The Morgan fingerprint density at radius 3 is 1.36 bits per heavy atom. The van der Waals surface area contributed by atoms with Gasteiger partial charge >= 0.3 is 0 Å². The molecule has 2 aromatic rings. The summed E-state index contributed by atoms with van der Waals surface area (Å²) < 4.78 is 30.7. The average molecular weight is 936 g/mol. The van der Waals surface area contributed by atoms with Crippen molar-refractivity contribution in [2.24, 2.45) is 11.8 Å². The molecule has 4 atom stereocenters. The summed E-state index contributed by atoms with van der Waals surface area (Å²) in [5.41, 5.74) is 3.94. The number of benzene rings is 2. The molecule has 0 aliphatic rings. The van der Waals surface area contributed by atoms with E-state index in [1.807, 2.05) is 42.5 Å². The van der Waals surface area contributed by atoms with Crippen molar-refractivity contribution >= 4 is 25.0 Å². The summed E-state index contributed by atoms with van der Waals surface area (Å²) in [6, 6.07) is 11.8. The summed E-state index contributed by atoms with van der Waals surface area (Å²) in [5.74, 6) is 15.6. The van der Waals surface area contributed by atoms with Crippen LogP contribution in [0.25, 0.3) is 0 Å². The maximum Gasteiger partial charge on any atom is 0.194 e. The van der Waals surface area contributed by atoms with Crippen LogP contribution in [0.15, 0.2) is 61.7 Å². The summed E-state index contributed by atoms with van der Waals surface area (Å²) in [5, 5.41) is 11.1. The van der Waals surface area contributed by atoms with Crippen molar-refractivity contribution in [2.75, 3.05) is 27.4 Å². The van der Waals surface area contributed by atoms with Gasteiger partial charge in [-0.15, -0.1) is 25.0 Å². The van der Waals surface area contributed by atoms with Crippen LogP contribution in [0.2, 0.25) is 54.4 Å². The SMILES string of the molecule is C.C=CCc1c(OC)cccc1[C@@H](O)C#CCC[C@@H](C)CO[Si](C)(C)C(C)(C)C.C=CCc1c(OC)cccc1[C@H](C#CCC[C@@H](C)CO[Si](C)(C)C(C)(C)C)O[Si](C)(C)C(C)(C)C. The fourth-order valence-electron chi connectivity index (χ4n) is 5.77. The van der Waals surface area contributed by atoms with Gasteiger partial charge in [-0.2, -0.15) is 0 Å². The van der Waals surface area contributed by atoms with Crippen LogP contribution in [0.5, 0.6) is 11.5 Å². The van der Waals surface area contributed by atoms with E-state index in [0.29, 0.717) is 18.3 Å². The van der Waals surface area contributed by atoms with Gasteiger partial charge in [-0.25, -0.2) is 0 Å². The number of hydrogen-bond acceptors (Lipinski definition) is 6. The molecule has 0 bridgehead atoms. The minimum absolute atomic E-state index is 0. The molecule has 2 aromatic carbocycles. The Kier molecular flexibility index (Phi) is 25.9. The Morgan fingerprint density at radius 2 is 0.984 bits per heavy atom. The van der Waals surface area contributed by atoms with Crippen molar-refractivity contribution in [3.8, 4) is 35.2 Å². The van der Waals surface area contributed by atoms with Crippen molar-refractivity contribution < 1.29 is 27.9 Å². The van der Waals surface area contributed by atoms with Crippen LogP contribution in [-0.4, -0.2) is 57.5 Å². The molecule has 0 saturated carbocycles. The summed E-state index contributed by atoms with van der Waals surface area (Å²) >= 11 is 0. The molecule has 9 heteroatoms. The molecule has 0 spiro atoms. The molecule has 0 aliphatic carbocycles. The van der Waals surface area contributed by atoms with Crippen LogP contribution >= 0.6 is 0 Å². The van der Waals surface area contributed by atoms with E-state index in [2.05, 4.69) is 158 Å². The summed E-state index contributed by atoms with van der Waals surface area (Å²) in [6.45, 7) is 48.0. The standard InChI is InChI=1S/C30H52O3Si2.C24H38O3Si.CH4/c1-14-18-25-26(20-17-22-27(25)31-9)28(33-35(12,13)30(6,7)8)21-16-15-19-24(2)23-32-34(10,11)29(3,4)5;1-9-13-21-20(15-12-17-23(21)26-6)22(25)16-11-10-14-19(2)18-27-28(7,8)24(3,4)5;/h14,17,20,22,24,28H,1,15,18-19,23H2,2-13H3;9,12,15,17,19,22,25H,1,10,13-14,18H2,2-8H3;1H4/t24-,28+;19-,22+;/m11./s1. The molecule has 64 heavy (non-hydrogen) atoms. The molecule has 1 N–H and O–H groups in total. The first-order valence-electron chi connectivity index (χ1n) is 23.1. The van der Waals surface area contributed by atoms with E-state index in [-0.39, 0.29) is 28.6 Å². The van der Waals surface area contributed by atoms with E-state index < -0.39 is 31.1 Å². The van der Waals surface area contributed by atoms with Gasteiger partial charge in [0.2, 0.25) is 0 Å². The molecule has 2 rings (SSSR count). The van der Waals surface area contributed by atoms with Crippen LogP contribution in [0.4, 0.5) is 0 Å². The Balaban J connectivity index is 0.00000125. The number of rotatable bonds is 20. The smallest absolute Gasteiger partial charge is 0.194 e. The second-order valence-corrected chi connectivity index (χ2v) is 36.1. The highest BCUT2D eigenvalue weighted by molar-refractivity contribution is 6.74. The van der Waals surface area contributed by atoms with Crippen LogP contribution < -0.4 is 9.47 Å². The predicted molar refractivity (Wildman–Crippen MR) is 285 cm³/mol. The van der Waals surface area contributed by atoms with Crippen LogP contribution in [0, 0.1) is 35.5 Å². The maximum atomic E-state index is 10.5. The molecule has 0 aromatic heterocycles. The highest BCUT2D eigenvalue weighted by Gasteiger charge is 2.40. The van der Waals surface area contributed by atoms with Gasteiger partial charge in [0, 0.05) is 37.2 Å². The monoisotopic (exact) mass is 935 g/mol. The number of allylic oxidation sites excluding steroid dienone is 2. The van der Waals surface area contributed by atoms with Crippen molar-refractivity contribution in [1.82, 2.24) is 0 Å². The number of aliphatic hydroxyl groups excluding tert-OH is 1. The van der Waals surface area contributed by atoms with E-state index in [9.17, 15) is 5.11 Å². The molecule has 0 radical (unpaired) electrons. The molecule has 0 fully saturated rings. The minimum Gasteiger partial charge on any atom is -0.496 e. The predicted octanol–water partition coefficient (Wildman–Crippen LogP) is 15.5. The zero-order chi connectivity index (χ0) is 48.5. The number of hydrogen-bond donors (Lipinski definition) is 1. The highest BCUT2D eigenvalue weighted by atomic mass is 28.4. The third-order valence-corrected chi connectivity index (χ3v) is 26.8. The van der Waals surface area contributed by atoms with E-state index >= 15 is 0 Å². The molecule has 0 heterocycles. The molecular formula is C55H94O6Si3. The largest absolute Gasteiger partial charge is 0.496 e. The van der Waals surface area contributed by atoms with Gasteiger partial charge in [-0.3, -0.25) is 0 Å².